The normalized spacial score (nSPS) is 10.9. The van der Waals surface area contributed by atoms with Crippen LogP contribution in [0.4, 0.5) is 5.69 Å². The number of carbonyl (C=O) groups is 1. The van der Waals surface area contributed by atoms with Gasteiger partial charge in [0, 0.05) is 11.5 Å². The molecule has 2 aromatic carbocycles. The summed E-state index contributed by atoms with van der Waals surface area (Å²) in [5.74, 6) is 0.522. The first-order valence-corrected chi connectivity index (χ1v) is 9.64. The van der Waals surface area contributed by atoms with Crippen LogP contribution >= 0.6 is 22.9 Å². The fourth-order valence-electron chi connectivity index (χ4n) is 2.37. The van der Waals surface area contributed by atoms with Crippen molar-refractivity contribution in [2.45, 2.75) is 20.5 Å². The molecule has 0 aliphatic heterocycles. The molecule has 0 fully saturated rings. The lowest BCUT2D eigenvalue weighted by Crippen LogP contribution is -2.08. The number of hydrogen-bond acceptors (Lipinski definition) is 4. The molecule has 3 aromatic rings. The second-order valence-corrected chi connectivity index (χ2v) is 7.49. The third kappa shape index (κ3) is 5.67. The second kappa shape index (κ2) is 8.84. The van der Waals surface area contributed by atoms with Gasteiger partial charge in [-0.15, -0.1) is 11.3 Å². The van der Waals surface area contributed by atoms with E-state index in [0.717, 1.165) is 27.6 Å². The molecule has 1 amide bonds. The first-order valence-electron chi connectivity index (χ1n) is 8.39. The summed E-state index contributed by atoms with van der Waals surface area (Å²) in [6, 6.07) is 13.0. The Hall–Kier alpha value is -2.63. The van der Waals surface area contributed by atoms with Gasteiger partial charge in [0.2, 0.25) is 5.91 Å². The molecule has 1 aromatic heterocycles. The number of rotatable bonds is 6. The lowest BCUT2D eigenvalue weighted by molar-refractivity contribution is -0.111. The molecule has 0 atom stereocenters. The highest BCUT2D eigenvalue weighted by molar-refractivity contribution is 7.09. The summed E-state index contributed by atoms with van der Waals surface area (Å²) in [5.41, 5.74) is 3.46. The molecular weight excluding hydrogens is 380 g/mol. The Morgan fingerprint density at radius 1 is 1.22 bits per heavy atom. The molecule has 0 aliphatic carbocycles. The van der Waals surface area contributed by atoms with Gasteiger partial charge in [0.15, 0.2) is 0 Å². The number of aryl methyl sites for hydroxylation is 2. The predicted octanol–water partition coefficient (Wildman–Crippen LogP) is 5.64. The summed E-state index contributed by atoms with van der Waals surface area (Å²) in [6.45, 7) is 4.36. The van der Waals surface area contributed by atoms with Crippen LogP contribution in [-0.2, 0) is 11.4 Å². The first-order chi connectivity index (χ1) is 13.0. The van der Waals surface area contributed by atoms with Crippen molar-refractivity contribution < 1.29 is 9.53 Å². The van der Waals surface area contributed by atoms with E-state index >= 15 is 0 Å². The van der Waals surface area contributed by atoms with Gasteiger partial charge < -0.3 is 10.1 Å². The maximum Gasteiger partial charge on any atom is 0.248 e. The van der Waals surface area contributed by atoms with Crippen LogP contribution in [0.1, 0.15) is 21.8 Å². The largest absolute Gasteiger partial charge is 0.487 e. The fraction of sp³-hybridized carbons (Fsp3) is 0.143. The Kier molecular flexibility index (Phi) is 6.27. The topological polar surface area (TPSA) is 51.2 Å². The van der Waals surface area contributed by atoms with Crippen LogP contribution < -0.4 is 10.1 Å². The monoisotopic (exact) mass is 398 g/mol. The molecule has 0 radical (unpaired) electrons. The van der Waals surface area contributed by atoms with E-state index in [1.807, 2.05) is 55.6 Å². The number of nitrogens with one attached hydrogen (secondary N) is 1. The summed E-state index contributed by atoms with van der Waals surface area (Å²) in [7, 11) is 0. The molecule has 27 heavy (non-hydrogen) atoms. The van der Waals surface area contributed by atoms with Gasteiger partial charge in [0.1, 0.15) is 12.4 Å². The number of hydrogen-bond donors (Lipinski definition) is 1. The third-order valence-electron chi connectivity index (χ3n) is 3.74. The number of benzene rings is 2. The molecule has 1 N–H and O–H groups in total. The zero-order valence-electron chi connectivity index (χ0n) is 15.0. The van der Waals surface area contributed by atoms with Crippen molar-refractivity contribution >= 4 is 40.6 Å². The van der Waals surface area contributed by atoms with E-state index in [1.165, 1.54) is 6.08 Å². The molecule has 0 unspecified atom stereocenters. The smallest absolute Gasteiger partial charge is 0.248 e. The fourth-order valence-corrected chi connectivity index (χ4v) is 3.25. The number of aromatic nitrogens is 1. The molecule has 0 spiro atoms. The summed E-state index contributed by atoms with van der Waals surface area (Å²) in [4.78, 5) is 16.4. The molecule has 6 heteroatoms. The van der Waals surface area contributed by atoms with Crippen molar-refractivity contribution in [2.75, 3.05) is 5.32 Å². The van der Waals surface area contributed by atoms with Crippen LogP contribution in [0.3, 0.4) is 0 Å². The molecule has 4 nitrogen and oxygen atoms in total. The Morgan fingerprint density at radius 3 is 2.67 bits per heavy atom. The molecule has 138 valence electrons. The first kappa shape index (κ1) is 19.1. The predicted molar refractivity (Wildman–Crippen MR) is 111 cm³/mol. The number of halogens is 1. The third-order valence-corrected chi connectivity index (χ3v) is 4.88. The van der Waals surface area contributed by atoms with E-state index in [2.05, 4.69) is 10.3 Å². The van der Waals surface area contributed by atoms with E-state index in [1.54, 1.807) is 23.5 Å². The molecule has 0 saturated carbocycles. The second-order valence-electron chi connectivity index (χ2n) is 6.02. The highest BCUT2D eigenvalue weighted by Crippen LogP contribution is 2.22. The summed E-state index contributed by atoms with van der Waals surface area (Å²) in [6.07, 6.45) is 3.22. The highest BCUT2D eigenvalue weighted by Gasteiger charge is 2.03. The van der Waals surface area contributed by atoms with Gasteiger partial charge in [0.25, 0.3) is 0 Å². The minimum atomic E-state index is -0.236. The van der Waals surface area contributed by atoms with Gasteiger partial charge in [-0.25, -0.2) is 4.98 Å². The molecule has 0 saturated heterocycles. The van der Waals surface area contributed by atoms with Crippen molar-refractivity contribution in [3.8, 4) is 5.75 Å². The van der Waals surface area contributed by atoms with Crippen LogP contribution in [-0.4, -0.2) is 10.9 Å². The van der Waals surface area contributed by atoms with E-state index < -0.39 is 0 Å². The van der Waals surface area contributed by atoms with Crippen LogP contribution in [0.25, 0.3) is 6.08 Å². The van der Waals surface area contributed by atoms with Crippen molar-refractivity contribution in [2.24, 2.45) is 0 Å². The van der Waals surface area contributed by atoms with Crippen LogP contribution in [0.5, 0.6) is 5.75 Å². The highest BCUT2D eigenvalue weighted by atomic mass is 35.5. The van der Waals surface area contributed by atoms with Gasteiger partial charge in [-0.05, 0) is 55.3 Å². The maximum atomic E-state index is 12.1. The molecule has 3 rings (SSSR count). The number of thiazole rings is 1. The maximum absolute atomic E-state index is 12.1. The standard InChI is InChI=1S/C21H19ClN2O2S/c1-14-3-9-20(19(22)11-14)24-21(25)10-6-16-4-7-18(8-5-16)26-12-17-13-27-15(2)23-17/h3-11,13H,12H2,1-2H3,(H,24,25)/b10-6+. The molecule has 0 bridgehead atoms. The molecular formula is C21H19ClN2O2S. The summed E-state index contributed by atoms with van der Waals surface area (Å²) < 4.78 is 5.71. The van der Waals surface area contributed by atoms with Gasteiger partial charge in [-0.1, -0.05) is 29.8 Å². The molecule has 1 heterocycles. The van der Waals surface area contributed by atoms with Crippen LogP contribution in [0.2, 0.25) is 5.02 Å². The van der Waals surface area contributed by atoms with E-state index in [0.29, 0.717) is 17.3 Å². The van der Waals surface area contributed by atoms with E-state index in [9.17, 15) is 4.79 Å². The van der Waals surface area contributed by atoms with Crippen molar-refractivity contribution in [3.05, 3.63) is 80.8 Å². The van der Waals surface area contributed by atoms with Gasteiger partial charge in [0.05, 0.1) is 21.4 Å². The zero-order valence-corrected chi connectivity index (χ0v) is 16.6. The van der Waals surface area contributed by atoms with Crippen molar-refractivity contribution in [1.82, 2.24) is 4.98 Å². The molecule has 0 aliphatic rings. The minimum absolute atomic E-state index is 0.236. The quantitative estimate of drug-likeness (QED) is 0.546. The Morgan fingerprint density at radius 2 is 2.00 bits per heavy atom. The van der Waals surface area contributed by atoms with Gasteiger partial charge in [-0.3, -0.25) is 4.79 Å². The zero-order chi connectivity index (χ0) is 19.2. The average molecular weight is 399 g/mol. The average Bonchev–Trinajstić information content (AvgIpc) is 3.07. The lowest BCUT2D eigenvalue weighted by Gasteiger charge is -2.06. The van der Waals surface area contributed by atoms with Crippen molar-refractivity contribution in [3.63, 3.8) is 0 Å². The Bertz CT molecular complexity index is 965. The lowest BCUT2D eigenvalue weighted by atomic mass is 10.2. The number of nitrogens with zero attached hydrogens (tertiary/aromatic N) is 1. The van der Waals surface area contributed by atoms with E-state index in [-0.39, 0.29) is 5.91 Å². The SMILES string of the molecule is Cc1ccc(NC(=O)/C=C/c2ccc(OCc3csc(C)n3)cc2)c(Cl)c1. The van der Waals surface area contributed by atoms with E-state index in [4.69, 9.17) is 16.3 Å². The van der Waals surface area contributed by atoms with Crippen molar-refractivity contribution in [1.29, 1.82) is 0 Å². The number of carbonyl (C=O) groups excluding carboxylic acids is 1. The van der Waals surface area contributed by atoms with Gasteiger partial charge >= 0.3 is 0 Å². The Balaban J connectivity index is 1.54. The van der Waals surface area contributed by atoms with Gasteiger partial charge in [-0.2, -0.15) is 0 Å². The van der Waals surface area contributed by atoms with Crippen LogP contribution in [0, 0.1) is 13.8 Å². The number of ether oxygens (including phenoxy) is 1. The van der Waals surface area contributed by atoms with Crippen LogP contribution in [0.15, 0.2) is 53.9 Å². The number of amides is 1. The number of anilines is 1. The minimum Gasteiger partial charge on any atom is -0.487 e. The Labute approximate surface area is 167 Å². The summed E-state index contributed by atoms with van der Waals surface area (Å²) in [5, 5.41) is 6.31. The summed E-state index contributed by atoms with van der Waals surface area (Å²) >= 11 is 7.73.